The molecule has 1 heterocycles. The highest BCUT2D eigenvalue weighted by atomic mass is 14.9. The van der Waals surface area contributed by atoms with Gasteiger partial charge in [-0.3, -0.25) is 0 Å². The summed E-state index contributed by atoms with van der Waals surface area (Å²) in [6.07, 6.45) is 7.14. The number of hydrogen-bond acceptors (Lipinski definition) is 2. The Morgan fingerprint density at radius 3 is 2.77 bits per heavy atom. The first-order valence-corrected chi connectivity index (χ1v) is 5.86. The van der Waals surface area contributed by atoms with Gasteiger partial charge >= 0.3 is 0 Å². The van der Waals surface area contributed by atoms with Gasteiger partial charge in [0.25, 0.3) is 0 Å². The molecule has 0 aromatic carbocycles. The Morgan fingerprint density at radius 2 is 2.08 bits per heavy atom. The highest BCUT2D eigenvalue weighted by Crippen LogP contribution is 2.27. The van der Waals surface area contributed by atoms with Crippen LogP contribution in [0.4, 0.5) is 0 Å². The lowest BCUT2D eigenvalue weighted by atomic mass is 10.0. The van der Waals surface area contributed by atoms with Gasteiger partial charge in [-0.05, 0) is 70.1 Å². The molecule has 0 aromatic rings. The maximum atomic E-state index is 3.55. The third kappa shape index (κ3) is 3.65. The molecule has 2 nitrogen and oxygen atoms in total. The second kappa shape index (κ2) is 4.97. The second-order valence-corrected chi connectivity index (χ2v) is 4.65. The average Bonchev–Trinajstić information content (AvgIpc) is 2.81. The van der Waals surface area contributed by atoms with E-state index in [1.807, 2.05) is 0 Å². The lowest BCUT2D eigenvalue weighted by Gasteiger charge is -2.08. The molecule has 0 amide bonds. The summed E-state index contributed by atoms with van der Waals surface area (Å²) in [6.45, 7) is 5.04. The monoisotopic (exact) mass is 182 g/mol. The Bertz CT molecular complexity index is 137. The van der Waals surface area contributed by atoms with Crippen LogP contribution in [0.3, 0.4) is 0 Å². The van der Waals surface area contributed by atoms with E-state index in [9.17, 15) is 0 Å². The summed E-state index contributed by atoms with van der Waals surface area (Å²) >= 11 is 0. The van der Waals surface area contributed by atoms with Crippen molar-refractivity contribution in [2.45, 2.75) is 32.1 Å². The number of nitrogens with one attached hydrogen (secondary N) is 2. The van der Waals surface area contributed by atoms with Crippen molar-refractivity contribution in [1.82, 2.24) is 10.6 Å². The lowest BCUT2D eigenvalue weighted by Crippen LogP contribution is -2.19. The molecule has 0 radical (unpaired) electrons. The molecule has 13 heavy (non-hydrogen) atoms. The summed E-state index contributed by atoms with van der Waals surface area (Å²) in [5.41, 5.74) is 0. The predicted molar refractivity (Wildman–Crippen MR) is 55.8 cm³/mol. The smallest absolute Gasteiger partial charge is 0.00200 e. The highest BCUT2D eigenvalue weighted by molar-refractivity contribution is 4.75. The maximum Gasteiger partial charge on any atom is -0.00200 e. The van der Waals surface area contributed by atoms with Gasteiger partial charge in [0.2, 0.25) is 0 Å². The topological polar surface area (TPSA) is 24.1 Å². The molecule has 1 atom stereocenters. The molecule has 0 aromatic heterocycles. The SMILES string of the molecule is C(CNCC1CC1)CC1CCNC1. The molecule has 1 aliphatic carbocycles. The van der Waals surface area contributed by atoms with Gasteiger partial charge in [0, 0.05) is 0 Å². The fourth-order valence-electron chi connectivity index (χ4n) is 2.10. The summed E-state index contributed by atoms with van der Waals surface area (Å²) < 4.78 is 0. The molecule has 2 fully saturated rings. The van der Waals surface area contributed by atoms with Crippen LogP contribution in [0.2, 0.25) is 0 Å². The van der Waals surface area contributed by atoms with Gasteiger partial charge < -0.3 is 10.6 Å². The van der Waals surface area contributed by atoms with Crippen molar-refractivity contribution in [2.75, 3.05) is 26.2 Å². The van der Waals surface area contributed by atoms with Crippen molar-refractivity contribution >= 4 is 0 Å². The zero-order valence-electron chi connectivity index (χ0n) is 8.52. The Balaban J connectivity index is 1.39. The van der Waals surface area contributed by atoms with E-state index in [-0.39, 0.29) is 0 Å². The molecular weight excluding hydrogens is 160 g/mol. The van der Waals surface area contributed by atoms with E-state index in [1.54, 1.807) is 0 Å². The predicted octanol–water partition coefficient (Wildman–Crippen LogP) is 1.38. The van der Waals surface area contributed by atoms with Crippen LogP contribution >= 0.6 is 0 Å². The van der Waals surface area contributed by atoms with Crippen LogP contribution in [0.5, 0.6) is 0 Å². The molecule has 2 rings (SSSR count). The minimum absolute atomic E-state index is 0.975. The van der Waals surface area contributed by atoms with Gasteiger partial charge in [0.05, 0.1) is 0 Å². The quantitative estimate of drug-likeness (QED) is 0.606. The molecule has 0 bridgehead atoms. The fraction of sp³-hybridized carbons (Fsp3) is 1.00. The van der Waals surface area contributed by atoms with Gasteiger partial charge in [-0.1, -0.05) is 0 Å². The van der Waals surface area contributed by atoms with Crippen molar-refractivity contribution in [3.8, 4) is 0 Å². The van der Waals surface area contributed by atoms with E-state index in [0.717, 1.165) is 11.8 Å². The number of rotatable bonds is 6. The normalized spacial score (nSPS) is 28.2. The summed E-state index contributed by atoms with van der Waals surface area (Å²) in [5, 5.41) is 6.97. The van der Waals surface area contributed by atoms with Crippen LogP contribution in [0.25, 0.3) is 0 Å². The van der Waals surface area contributed by atoms with E-state index in [4.69, 9.17) is 0 Å². The zero-order chi connectivity index (χ0) is 8.93. The molecule has 76 valence electrons. The van der Waals surface area contributed by atoms with Gasteiger partial charge in [-0.2, -0.15) is 0 Å². The first-order chi connectivity index (χ1) is 6.45. The van der Waals surface area contributed by atoms with Gasteiger partial charge in [-0.15, -0.1) is 0 Å². The van der Waals surface area contributed by atoms with E-state index >= 15 is 0 Å². The minimum Gasteiger partial charge on any atom is -0.316 e. The van der Waals surface area contributed by atoms with Gasteiger partial charge in [0.15, 0.2) is 0 Å². The van der Waals surface area contributed by atoms with Gasteiger partial charge in [0.1, 0.15) is 0 Å². The van der Waals surface area contributed by atoms with Gasteiger partial charge in [-0.25, -0.2) is 0 Å². The highest BCUT2D eigenvalue weighted by Gasteiger charge is 2.20. The van der Waals surface area contributed by atoms with Crippen molar-refractivity contribution in [2.24, 2.45) is 11.8 Å². The first-order valence-electron chi connectivity index (χ1n) is 5.86. The lowest BCUT2D eigenvalue weighted by molar-refractivity contribution is 0.489. The Kier molecular flexibility index (Phi) is 3.62. The third-order valence-electron chi connectivity index (χ3n) is 3.26. The molecule has 1 saturated carbocycles. The first kappa shape index (κ1) is 9.47. The van der Waals surface area contributed by atoms with E-state index in [1.165, 1.54) is 58.3 Å². The molecule has 1 saturated heterocycles. The van der Waals surface area contributed by atoms with Crippen LogP contribution in [0, 0.1) is 11.8 Å². The van der Waals surface area contributed by atoms with Crippen molar-refractivity contribution in [1.29, 1.82) is 0 Å². The third-order valence-corrected chi connectivity index (χ3v) is 3.26. The summed E-state index contributed by atoms with van der Waals surface area (Å²) in [4.78, 5) is 0. The van der Waals surface area contributed by atoms with Crippen LogP contribution in [-0.2, 0) is 0 Å². The summed E-state index contributed by atoms with van der Waals surface area (Å²) in [5.74, 6) is 2.01. The van der Waals surface area contributed by atoms with Crippen LogP contribution in [0.15, 0.2) is 0 Å². The van der Waals surface area contributed by atoms with Crippen LogP contribution < -0.4 is 10.6 Å². The number of hydrogen-bond donors (Lipinski definition) is 2. The van der Waals surface area contributed by atoms with E-state index < -0.39 is 0 Å². The molecule has 0 spiro atoms. The van der Waals surface area contributed by atoms with Crippen molar-refractivity contribution < 1.29 is 0 Å². The van der Waals surface area contributed by atoms with Crippen LogP contribution in [-0.4, -0.2) is 26.2 Å². The Morgan fingerprint density at radius 1 is 1.15 bits per heavy atom. The molecular formula is C11H22N2. The average molecular weight is 182 g/mol. The Hall–Kier alpha value is -0.0800. The zero-order valence-corrected chi connectivity index (χ0v) is 8.52. The van der Waals surface area contributed by atoms with E-state index in [0.29, 0.717) is 0 Å². The summed E-state index contributed by atoms with van der Waals surface area (Å²) in [6, 6.07) is 0. The maximum absolute atomic E-state index is 3.55. The largest absolute Gasteiger partial charge is 0.316 e. The molecule has 2 aliphatic rings. The molecule has 1 unspecified atom stereocenters. The van der Waals surface area contributed by atoms with Crippen molar-refractivity contribution in [3.63, 3.8) is 0 Å². The van der Waals surface area contributed by atoms with Crippen molar-refractivity contribution in [3.05, 3.63) is 0 Å². The fourth-order valence-corrected chi connectivity index (χ4v) is 2.10. The van der Waals surface area contributed by atoms with Crippen LogP contribution in [0.1, 0.15) is 32.1 Å². The minimum atomic E-state index is 0.975. The second-order valence-electron chi connectivity index (χ2n) is 4.65. The summed E-state index contributed by atoms with van der Waals surface area (Å²) in [7, 11) is 0. The van der Waals surface area contributed by atoms with E-state index in [2.05, 4.69) is 10.6 Å². The molecule has 2 heteroatoms. The standard InChI is InChI=1S/C11H22N2/c1(2-10-5-7-13-8-10)6-12-9-11-3-4-11/h10-13H,1-9H2. The molecule has 2 N–H and O–H groups in total. The Labute approximate surface area is 81.5 Å². The molecule has 1 aliphatic heterocycles.